The molecule has 2 aliphatic rings. The molecule has 2 aromatic rings. The Morgan fingerprint density at radius 3 is 2.00 bits per heavy atom. The topological polar surface area (TPSA) is 88.0 Å². The van der Waals surface area contributed by atoms with Crippen molar-refractivity contribution in [3.05, 3.63) is 23.8 Å². The Labute approximate surface area is 183 Å². The normalized spacial score (nSPS) is 17.1. The van der Waals surface area contributed by atoms with Gasteiger partial charge in [-0.3, -0.25) is 0 Å². The van der Waals surface area contributed by atoms with Crippen molar-refractivity contribution < 1.29 is 9.47 Å². The average Bonchev–Trinajstić information content (AvgIpc) is 2.84. The average molecular weight is 426 g/mol. The standard InChI is InChI=1S/C22H31N7O2/c1-30-18-11-9-10-17(19(18)31-2)16-23-27-20-24-21(28-12-5-3-6-13-28)26-22(25-20)29-14-7-4-8-15-29/h9-11,16H,3-8,12-15H2,1-2H3,(H,24,25,26,27)/b23-16+. The van der Waals surface area contributed by atoms with E-state index in [4.69, 9.17) is 14.5 Å². The highest BCUT2D eigenvalue weighted by molar-refractivity contribution is 5.85. The first-order valence-electron chi connectivity index (χ1n) is 11.0. The monoisotopic (exact) mass is 425 g/mol. The molecule has 0 bridgehead atoms. The third-order valence-corrected chi connectivity index (χ3v) is 5.69. The second kappa shape index (κ2) is 10.3. The van der Waals surface area contributed by atoms with Gasteiger partial charge in [0.2, 0.25) is 17.8 Å². The molecule has 9 heteroatoms. The highest BCUT2D eigenvalue weighted by Crippen LogP contribution is 2.29. The van der Waals surface area contributed by atoms with Crippen molar-refractivity contribution in [3.63, 3.8) is 0 Å². The molecule has 3 heterocycles. The van der Waals surface area contributed by atoms with Gasteiger partial charge in [-0.25, -0.2) is 5.43 Å². The van der Waals surface area contributed by atoms with Crippen LogP contribution < -0.4 is 24.7 Å². The summed E-state index contributed by atoms with van der Waals surface area (Å²) in [5.41, 5.74) is 3.80. The molecule has 1 N–H and O–H groups in total. The van der Waals surface area contributed by atoms with Crippen molar-refractivity contribution in [1.82, 2.24) is 15.0 Å². The number of ether oxygens (including phenoxy) is 2. The quantitative estimate of drug-likeness (QED) is 0.534. The number of hydrogen-bond donors (Lipinski definition) is 1. The maximum absolute atomic E-state index is 5.47. The lowest BCUT2D eigenvalue weighted by Crippen LogP contribution is -2.34. The van der Waals surface area contributed by atoms with Gasteiger partial charge in [-0.1, -0.05) is 6.07 Å². The second-order valence-electron chi connectivity index (χ2n) is 7.81. The van der Waals surface area contributed by atoms with Gasteiger partial charge in [0.05, 0.1) is 20.4 Å². The first kappa shape index (κ1) is 21.1. The number of nitrogens with zero attached hydrogens (tertiary/aromatic N) is 6. The Morgan fingerprint density at radius 1 is 0.839 bits per heavy atom. The molecule has 0 amide bonds. The lowest BCUT2D eigenvalue weighted by atomic mass is 10.1. The summed E-state index contributed by atoms with van der Waals surface area (Å²) in [7, 11) is 3.23. The molecular formula is C22H31N7O2. The largest absolute Gasteiger partial charge is 0.493 e. The summed E-state index contributed by atoms with van der Waals surface area (Å²) in [6.45, 7) is 3.92. The van der Waals surface area contributed by atoms with E-state index in [0.717, 1.165) is 43.6 Å². The van der Waals surface area contributed by atoms with E-state index in [1.54, 1.807) is 20.4 Å². The number of benzene rings is 1. The van der Waals surface area contributed by atoms with Crippen LogP contribution >= 0.6 is 0 Å². The fraction of sp³-hybridized carbons (Fsp3) is 0.545. The molecule has 0 aliphatic carbocycles. The van der Waals surface area contributed by atoms with Gasteiger partial charge in [0.15, 0.2) is 11.5 Å². The van der Waals surface area contributed by atoms with Gasteiger partial charge < -0.3 is 19.3 Å². The molecule has 0 unspecified atom stereocenters. The molecule has 9 nitrogen and oxygen atoms in total. The Balaban J connectivity index is 1.57. The lowest BCUT2D eigenvalue weighted by molar-refractivity contribution is 0.354. The SMILES string of the molecule is COc1cccc(/C=N/Nc2nc(N3CCCCC3)nc(N3CCCCC3)n2)c1OC. The number of rotatable bonds is 7. The van der Waals surface area contributed by atoms with Crippen molar-refractivity contribution >= 4 is 24.1 Å². The molecule has 1 aromatic carbocycles. The van der Waals surface area contributed by atoms with E-state index >= 15 is 0 Å². The summed E-state index contributed by atoms with van der Waals surface area (Å²) in [5, 5.41) is 4.37. The molecule has 31 heavy (non-hydrogen) atoms. The Kier molecular flexibility index (Phi) is 7.01. The van der Waals surface area contributed by atoms with Crippen LogP contribution in [-0.4, -0.2) is 61.6 Å². The van der Waals surface area contributed by atoms with Gasteiger partial charge in [-0.15, -0.1) is 0 Å². The number of para-hydroxylation sites is 1. The Bertz CT molecular complexity index is 857. The summed E-state index contributed by atoms with van der Waals surface area (Å²) in [6.07, 6.45) is 8.88. The summed E-state index contributed by atoms with van der Waals surface area (Å²) >= 11 is 0. The molecule has 0 spiro atoms. The van der Waals surface area contributed by atoms with Gasteiger partial charge >= 0.3 is 0 Å². The van der Waals surface area contributed by atoms with Crippen LogP contribution in [0, 0.1) is 0 Å². The zero-order valence-electron chi connectivity index (χ0n) is 18.4. The molecule has 2 saturated heterocycles. The van der Waals surface area contributed by atoms with Crippen molar-refractivity contribution in [2.45, 2.75) is 38.5 Å². The number of aromatic nitrogens is 3. The number of hydrogen-bond acceptors (Lipinski definition) is 9. The van der Waals surface area contributed by atoms with Crippen LogP contribution in [0.25, 0.3) is 0 Å². The first-order valence-corrected chi connectivity index (χ1v) is 11.0. The molecule has 1 aromatic heterocycles. The number of hydrazone groups is 1. The van der Waals surface area contributed by atoms with Gasteiger partial charge in [0, 0.05) is 31.7 Å². The highest BCUT2D eigenvalue weighted by atomic mass is 16.5. The molecule has 0 radical (unpaired) electrons. The smallest absolute Gasteiger partial charge is 0.250 e. The van der Waals surface area contributed by atoms with Crippen molar-refractivity contribution in [3.8, 4) is 11.5 Å². The molecule has 2 aliphatic heterocycles. The third-order valence-electron chi connectivity index (χ3n) is 5.69. The molecule has 0 saturated carbocycles. The van der Waals surface area contributed by atoms with Crippen molar-refractivity contribution in [1.29, 1.82) is 0 Å². The highest BCUT2D eigenvalue weighted by Gasteiger charge is 2.20. The van der Waals surface area contributed by atoms with Gasteiger partial charge in [0.25, 0.3) is 0 Å². The fourth-order valence-electron chi connectivity index (χ4n) is 4.05. The fourth-order valence-corrected chi connectivity index (χ4v) is 4.05. The minimum absolute atomic E-state index is 0.453. The van der Waals surface area contributed by atoms with Crippen LogP contribution in [0.15, 0.2) is 23.3 Å². The summed E-state index contributed by atoms with van der Waals surface area (Å²) in [6, 6.07) is 5.66. The molecule has 4 rings (SSSR count). The number of methoxy groups -OCH3 is 2. The van der Waals surface area contributed by atoms with E-state index in [0.29, 0.717) is 17.4 Å². The van der Waals surface area contributed by atoms with Crippen LogP contribution in [0.5, 0.6) is 11.5 Å². The minimum Gasteiger partial charge on any atom is -0.493 e. The Hall–Kier alpha value is -3.10. The summed E-state index contributed by atoms with van der Waals surface area (Å²) in [4.78, 5) is 18.6. The molecule has 166 valence electrons. The molecule has 2 fully saturated rings. The Morgan fingerprint density at radius 2 is 1.45 bits per heavy atom. The van der Waals surface area contributed by atoms with Crippen LogP contribution in [0.4, 0.5) is 17.8 Å². The number of piperidine rings is 2. The van der Waals surface area contributed by atoms with Crippen molar-refractivity contribution in [2.75, 3.05) is 55.6 Å². The first-order chi connectivity index (χ1) is 15.3. The predicted molar refractivity (Wildman–Crippen MR) is 123 cm³/mol. The second-order valence-corrected chi connectivity index (χ2v) is 7.81. The zero-order valence-corrected chi connectivity index (χ0v) is 18.4. The third kappa shape index (κ3) is 5.15. The minimum atomic E-state index is 0.453. The maximum atomic E-state index is 5.47. The maximum Gasteiger partial charge on any atom is 0.250 e. The van der Waals surface area contributed by atoms with Gasteiger partial charge in [0.1, 0.15) is 0 Å². The summed E-state index contributed by atoms with van der Waals surface area (Å²) < 4.78 is 10.8. The molecular weight excluding hydrogens is 394 g/mol. The van der Waals surface area contributed by atoms with E-state index in [1.807, 2.05) is 18.2 Å². The zero-order chi connectivity index (χ0) is 21.5. The number of anilines is 3. The van der Waals surface area contributed by atoms with Crippen LogP contribution in [0.3, 0.4) is 0 Å². The van der Waals surface area contributed by atoms with Crippen LogP contribution in [0.2, 0.25) is 0 Å². The van der Waals surface area contributed by atoms with Crippen LogP contribution in [-0.2, 0) is 0 Å². The van der Waals surface area contributed by atoms with Crippen LogP contribution in [0.1, 0.15) is 44.1 Å². The van der Waals surface area contributed by atoms with Gasteiger partial charge in [-0.2, -0.15) is 20.1 Å². The lowest BCUT2D eigenvalue weighted by Gasteiger charge is -2.30. The predicted octanol–water partition coefficient (Wildman–Crippen LogP) is 3.32. The number of nitrogens with one attached hydrogen (secondary N) is 1. The van der Waals surface area contributed by atoms with Crippen molar-refractivity contribution in [2.24, 2.45) is 5.10 Å². The van der Waals surface area contributed by atoms with E-state index < -0.39 is 0 Å². The summed E-state index contributed by atoms with van der Waals surface area (Å²) in [5.74, 6) is 3.20. The van der Waals surface area contributed by atoms with E-state index in [-0.39, 0.29) is 0 Å². The van der Waals surface area contributed by atoms with E-state index in [9.17, 15) is 0 Å². The van der Waals surface area contributed by atoms with Gasteiger partial charge in [-0.05, 0) is 50.7 Å². The molecule has 0 atom stereocenters. The van der Waals surface area contributed by atoms with E-state index in [1.165, 1.54) is 38.5 Å². The van der Waals surface area contributed by atoms with E-state index in [2.05, 4.69) is 30.3 Å².